The number of hydrogen-bond acceptors (Lipinski definition) is 6. The minimum Gasteiger partial charge on any atom is -0.467 e. The van der Waals surface area contributed by atoms with E-state index in [0.29, 0.717) is 0 Å². The van der Waals surface area contributed by atoms with Crippen LogP contribution in [0.5, 0.6) is 0 Å². The molecule has 0 saturated carbocycles. The lowest BCUT2D eigenvalue weighted by Gasteiger charge is -2.09. The molecule has 1 atom stereocenters. The number of carbonyl (C=O) groups is 2. The van der Waals surface area contributed by atoms with E-state index in [1.54, 1.807) is 0 Å². The Kier molecular flexibility index (Phi) is 4.87. The molecule has 0 radical (unpaired) electrons. The Bertz CT molecular complexity index is 621. The number of carbonyl (C=O) groups excluding carboxylic acids is 2. The molecule has 1 rings (SSSR count). The Morgan fingerprint density at radius 2 is 2.15 bits per heavy atom. The van der Waals surface area contributed by atoms with E-state index >= 15 is 0 Å². The molecular weight excluding hydrogens is 290 g/mol. The zero-order valence-electron chi connectivity index (χ0n) is 10.9. The maximum Gasteiger partial charge on any atom is 0.336 e. The van der Waals surface area contributed by atoms with Crippen molar-refractivity contribution in [1.82, 2.24) is 9.88 Å². The minimum atomic E-state index is -3.91. The standard InChI is InChI=1S/C10H15N3O6S/c1-13-5-6(20(11,17)18)3-7(13)9(15)12-4-8(14)10(16)19-2/h3,5,8,14H,4H2,1-2H3,(H,12,15)(H2,11,17,18). The van der Waals surface area contributed by atoms with Gasteiger partial charge in [0.25, 0.3) is 5.91 Å². The smallest absolute Gasteiger partial charge is 0.336 e. The van der Waals surface area contributed by atoms with Gasteiger partial charge in [0.1, 0.15) is 10.6 Å². The summed E-state index contributed by atoms with van der Waals surface area (Å²) >= 11 is 0. The van der Waals surface area contributed by atoms with Gasteiger partial charge in [-0.15, -0.1) is 0 Å². The van der Waals surface area contributed by atoms with Crippen LogP contribution in [0.3, 0.4) is 0 Å². The molecule has 1 aromatic heterocycles. The predicted molar refractivity (Wildman–Crippen MR) is 67.1 cm³/mol. The number of ether oxygens (including phenoxy) is 1. The number of methoxy groups -OCH3 is 1. The minimum absolute atomic E-state index is 0.0195. The Hall–Kier alpha value is -1.91. The number of amides is 1. The fraction of sp³-hybridized carbons (Fsp3) is 0.400. The summed E-state index contributed by atoms with van der Waals surface area (Å²) in [5.74, 6) is -1.55. The highest BCUT2D eigenvalue weighted by molar-refractivity contribution is 7.89. The van der Waals surface area contributed by atoms with Crippen LogP contribution in [0.4, 0.5) is 0 Å². The number of aliphatic hydroxyl groups is 1. The van der Waals surface area contributed by atoms with Crippen LogP contribution in [0.25, 0.3) is 0 Å². The van der Waals surface area contributed by atoms with E-state index in [1.165, 1.54) is 17.8 Å². The third-order valence-corrected chi connectivity index (χ3v) is 3.35. The molecule has 1 aromatic rings. The molecule has 10 heteroatoms. The van der Waals surface area contributed by atoms with E-state index in [4.69, 9.17) is 5.14 Å². The quantitative estimate of drug-likeness (QED) is 0.534. The number of rotatable bonds is 5. The molecule has 0 aliphatic rings. The largest absolute Gasteiger partial charge is 0.467 e. The topological polar surface area (TPSA) is 141 Å². The van der Waals surface area contributed by atoms with Crippen molar-refractivity contribution in [2.24, 2.45) is 12.2 Å². The molecule has 0 saturated heterocycles. The van der Waals surface area contributed by atoms with Crippen molar-refractivity contribution in [2.75, 3.05) is 13.7 Å². The van der Waals surface area contributed by atoms with Gasteiger partial charge in [0.05, 0.1) is 13.7 Å². The van der Waals surface area contributed by atoms with Gasteiger partial charge in [0.2, 0.25) is 10.0 Å². The van der Waals surface area contributed by atoms with Crippen LogP contribution in [0.15, 0.2) is 17.2 Å². The number of aromatic nitrogens is 1. The molecular formula is C10H15N3O6S. The van der Waals surface area contributed by atoms with Gasteiger partial charge >= 0.3 is 5.97 Å². The summed E-state index contributed by atoms with van der Waals surface area (Å²) in [6.45, 7) is -0.360. The molecule has 0 spiro atoms. The lowest BCUT2D eigenvalue weighted by Crippen LogP contribution is -2.37. The lowest BCUT2D eigenvalue weighted by atomic mass is 10.3. The maximum absolute atomic E-state index is 11.8. The summed E-state index contributed by atoms with van der Waals surface area (Å²) in [5.41, 5.74) is 0.0195. The maximum atomic E-state index is 11.8. The molecule has 1 unspecified atom stereocenters. The van der Waals surface area contributed by atoms with Crippen LogP contribution < -0.4 is 10.5 Å². The van der Waals surface area contributed by atoms with Crippen molar-refractivity contribution >= 4 is 21.9 Å². The van der Waals surface area contributed by atoms with E-state index in [-0.39, 0.29) is 17.1 Å². The van der Waals surface area contributed by atoms with Gasteiger partial charge in [0, 0.05) is 13.2 Å². The van der Waals surface area contributed by atoms with Crippen LogP contribution in [0.2, 0.25) is 0 Å². The zero-order chi connectivity index (χ0) is 15.5. The molecule has 112 valence electrons. The normalized spacial score (nSPS) is 12.8. The highest BCUT2D eigenvalue weighted by atomic mass is 32.2. The molecule has 1 amide bonds. The first-order valence-corrected chi connectivity index (χ1v) is 6.94. The van der Waals surface area contributed by atoms with Crippen molar-refractivity contribution in [3.05, 3.63) is 18.0 Å². The summed E-state index contributed by atoms with van der Waals surface area (Å²) in [7, 11) is -1.35. The molecule has 9 nitrogen and oxygen atoms in total. The predicted octanol–water partition coefficient (Wildman–Crippen LogP) is -2.06. The molecule has 0 aromatic carbocycles. The highest BCUT2D eigenvalue weighted by Gasteiger charge is 2.20. The fourth-order valence-corrected chi connectivity index (χ4v) is 2.00. The monoisotopic (exact) mass is 305 g/mol. The van der Waals surface area contributed by atoms with E-state index in [9.17, 15) is 23.1 Å². The highest BCUT2D eigenvalue weighted by Crippen LogP contribution is 2.11. The Morgan fingerprint density at radius 1 is 1.55 bits per heavy atom. The van der Waals surface area contributed by atoms with Crippen molar-refractivity contribution < 1.29 is 27.9 Å². The number of aryl methyl sites for hydroxylation is 1. The zero-order valence-corrected chi connectivity index (χ0v) is 11.7. The van der Waals surface area contributed by atoms with Crippen LogP contribution in [0, 0.1) is 0 Å². The Labute approximate surface area is 115 Å². The molecule has 0 bridgehead atoms. The molecule has 0 aliphatic carbocycles. The molecule has 20 heavy (non-hydrogen) atoms. The SMILES string of the molecule is COC(=O)C(O)CNC(=O)c1cc(S(N)(=O)=O)cn1C. The second kappa shape index (κ2) is 6.03. The Morgan fingerprint density at radius 3 is 2.60 bits per heavy atom. The van der Waals surface area contributed by atoms with Crippen molar-refractivity contribution in [2.45, 2.75) is 11.0 Å². The first-order chi connectivity index (χ1) is 9.16. The van der Waals surface area contributed by atoms with Crippen LogP contribution >= 0.6 is 0 Å². The van der Waals surface area contributed by atoms with Crippen molar-refractivity contribution in [1.29, 1.82) is 0 Å². The number of nitrogens with zero attached hydrogens (tertiary/aromatic N) is 1. The summed E-state index contributed by atoms with van der Waals surface area (Å²) in [4.78, 5) is 22.5. The third-order valence-electron chi connectivity index (χ3n) is 2.47. The fourth-order valence-electron chi connectivity index (χ4n) is 1.41. The molecule has 1 heterocycles. The number of sulfonamides is 1. The number of aliphatic hydroxyl groups excluding tert-OH is 1. The van der Waals surface area contributed by atoms with E-state index in [0.717, 1.165) is 13.2 Å². The average Bonchev–Trinajstić information content (AvgIpc) is 2.76. The molecule has 0 aliphatic heterocycles. The first kappa shape index (κ1) is 16.1. The van der Waals surface area contributed by atoms with Gasteiger partial charge in [-0.3, -0.25) is 4.79 Å². The van der Waals surface area contributed by atoms with Crippen LogP contribution in [-0.4, -0.2) is 49.7 Å². The molecule has 4 N–H and O–H groups in total. The van der Waals surface area contributed by atoms with Crippen LogP contribution in [0.1, 0.15) is 10.5 Å². The van der Waals surface area contributed by atoms with Gasteiger partial charge in [-0.2, -0.15) is 0 Å². The number of nitrogens with two attached hydrogens (primary N) is 1. The average molecular weight is 305 g/mol. The first-order valence-electron chi connectivity index (χ1n) is 5.40. The second-order valence-corrected chi connectivity index (χ2v) is 5.53. The van der Waals surface area contributed by atoms with Gasteiger partial charge in [0.15, 0.2) is 6.10 Å². The Balaban J connectivity index is 2.79. The van der Waals surface area contributed by atoms with Gasteiger partial charge in [-0.1, -0.05) is 0 Å². The van der Waals surface area contributed by atoms with Gasteiger partial charge in [-0.05, 0) is 6.07 Å². The van der Waals surface area contributed by atoms with Crippen molar-refractivity contribution in [3.63, 3.8) is 0 Å². The summed E-state index contributed by atoms with van der Waals surface area (Å²) in [6, 6.07) is 1.09. The molecule has 0 fully saturated rings. The van der Waals surface area contributed by atoms with Gasteiger partial charge < -0.3 is 19.7 Å². The summed E-state index contributed by atoms with van der Waals surface area (Å²) in [5, 5.41) is 16.5. The third kappa shape index (κ3) is 3.79. The second-order valence-electron chi connectivity index (χ2n) is 3.97. The lowest BCUT2D eigenvalue weighted by molar-refractivity contribution is -0.149. The van der Waals surface area contributed by atoms with E-state index in [1.807, 2.05) is 0 Å². The summed E-state index contributed by atoms with van der Waals surface area (Å²) in [6.07, 6.45) is -0.317. The van der Waals surface area contributed by atoms with Gasteiger partial charge in [-0.25, -0.2) is 18.4 Å². The number of nitrogens with one attached hydrogen (secondary N) is 1. The van der Waals surface area contributed by atoms with Crippen LogP contribution in [-0.2, 0) is 26.6 Å². The van der Waals surface area contributed by atoms with Crippen molar-refractivity contribution in [3.8, 4) is 0 Å². The number of hydrogen-bond donors (Lipinski definition) is 3. The summed E-state index contributed by atoms with van der Waals surface area (Å²) < 4.78 is 27.8. The van der Waals surface area contributed by atoms with E-state index < -0.39 is 28.0 Å². The number of esters is 1. The van der Waals surface area contributed by atoms with E-state index in [2.05, 4.69) is 10.1 Å². The number of primary sulfonamides is 1.